The SMILES string of the molecule is CC(=O)OCC(C)OC(=O)C(C)OC(=O)C(C)C(C)(C)C. The molecule has 0 saturated heterocycles. The number of carbonyl (C=O) groups excluding carboxylic acids is 3. The minimum absolute atomic E-state index is 0.0276. The highest BCUT2D eigenvalue weighted by molar-refractivity contribution is 5.80. The molecule has 0 fully saturated rings. The van der Waals surface area contributed by atoms with Gasteiger partial charge in [0.2, 0.25) is 0 Å². The first-order chi connectivity index (χ1) is 9.45. The largest absolute Gasteiger partial charge is 0.462 e. The molecule has 0 aromatic heterocycles. The van der Waals surface area contributed by atoms with Gasteiger partial charge in [0.25, 0.3) is 0 Å². The highest BCUT2D eigenvalue weighted by Crippen LogP contribution is 2.26. The van der Waals surface area contributed by atoms with Gasteiger partial charge in [-0.15, -0.1) is 0 Å². The molecule has 0 aromatic rings. The standard InChI is InChI=1S/C15H26O6/c1-9(8-19-12(4)16)20-14(18)11(3)21-13(17)10(2)15(5,6)7/h9-11H,8H2,1-7H3. The quantitative estimate of drug-likeness (QED) is 0.552. The van der Waals surface area contributed by atoms with Crippen molar-refractivity contribution in [1.82, 2.24) is 0 Å². The monoisotopic (exact) mass is 302 g/mol. The maximum absolute atomic E-state index is 11.9. The van der Waals surface area contributed by atoms with E-state index in [2.05, 4.69) is 0 Å². The van der Waals surface area contributed by atoms with Crippen molar-refractivity contribution < 1.29 is 28.6 Å². The number of rotatable bonds is 6. The maximum Gasteiger partial charge on any atom is 0.347 e. The van der Waals surface area contributed by atoms with Gasteiger partial charge in [-0.25, -0.2) is 4.79 Å². The van der Waals surface area contributed by atoms with Crippen molar-refractivity contribution >= 4 is 17.9 Å². The van der Waals surface area contributed by atoms with E-state index in [1.165, 1.54) is 13.8 Å². The van der Waals surface area contributed by atoms with Crippen LogP contribution in [0.15, 0.2) is 0 Å². The van der Waals surface area contributed by atoms with Gasteiger partial charge in [0.05, 0.1) is 5.92 Å². The fourth-order valence-corrected chi connectivity index (χ4v) is 1.24. The van der Waals surface area contributed by atoms with E-state index < -0.39 is 30.1 Å². The molecule has 6 heteroatoms. The maximum atomic E-state index is 11.9. The third kappa shape index (κ3) is 7.68. The van der Waals surface area contributed by atoms with Crippen LogP contribution in [0.25, 0.3) is 0 Å². The lowest BCUT2D eigenvalue weighted by Crippen LogP contribution is -2.35. The first-order valence-electron chi connectivity index (χ1n) is 6.99. The Labute approximate surface area is 126 Å². The van der Waals surface area contributed by atoms with E-state index >= 15 is 0 Å². The van der Waals surface area contributed by atoms with E-state index in [-0.39, 0.29) is 17.9 Å². The van der Waals surface area contributed by atoms with Gasteiger partial charge in [-0.2, -0.15) is 0 Å². The summed E-state index contributed by atoms with van der Waals surface area (Å²) in [6, 6.07) is 0. The van der Waals surface area contributed by atoms with Crippen LogP contribution in [0.5, 0.6) is 0 Å². The Balaban J connectivity index is 4.33. The summed E-state index contributed by atoms with van der Waals surface area (Å²) in [7, 11) is 0. The zero-order valence-electron chi connectivity index (χ0n) is 13.9. The van der Waals surface area contributed by atoms with Crippen molar-refractivity contribution in [3.63, 3.8) is 0 Å². The predicted molar refractivity (Wildman–Crippen MR) is 76.4 cm³/mol. The van der Waals surface area contributed by atoms with E-state index in [1.54, 1.807) is 13.8 Å². The summed E-state index contributed by atoms with van der Waals surface area (Å²) in [6.07, 6.45) is -1.59. The number of hydrogen-bond acceptors (Lipinski definition) is 6. The van der Waals surface area contributed by atoms with Crippen molar-refractivity contribution in [1.29, 1.82) is 0 Å². The van der Waals surface area contributed by atoms with Gasteiger partial charge in [0.15, 0.2) is 6.10 Å². The third-order valence-corrected chi connectivity index (χ3v) is 3.12. The van der Waals surface area contributed by atoms with Gasteiger partial charge in [-0.05, 0) is 19.3 Å². The second kappa shape index (κ2) is 8.00. The molecule has 3 atom stereocenters. The summed E-state index contributed by atoms with van der Waals surface area (Å²) in [5, 5.41) is 0. The molecule has 122 valence electrons. The van der Waals surface area contributed by atoms with Gasteiger partial charge in [-0.3, -0.25) is 9.59 Å². The lowest BCUT2D eigenvalue weighted by Gasteiger charge is -2.26. The fourth-order valence-electron chi connectivity index (χ4n) is 1.24. The third-order valence-electron chi connectivity index (χ3n) is 3.12. The Kier molecular flexibility index (Phi) is 7.39. The van der Waals surface area contributed by atoms with E-state index in [0.29, 0.717) is 0 Å². The summed E-state index contributed by atoms with van der Waals surface area (Å²) in [6.45, 7) is 11.8. The Bertz CT molecular complexity index is 382. The summed E-state index contributed by atoms with van der Waals surface area (Å²) in [5.74, 6) is -1.90. The van der Waals surface area contributed by atoms with Crippen LogP contribution in [0.3, 0.4) is 0 Å². The molecule has 0 amide bonds. The lowest BCUT2D eigenvalue weighted by molar-refractivity contribution is -0.175. The molecule has 6 nitrogen and oxygen atoms in total. The molecule has 0 bridgehead atoms. The molecular weight excluding hydrogens is 276 g/mol. The van der Waals surface area contributed by atoms with Crippen molar-refractivity contribution in [3.8, 4) is 0 Å². The highest BCUT2D eigenvalue weighted by Gasteiger charge is 2.31. The number of esters is 3. The van der Waals surface area contributed by atoms with Gasteiger partial charge >= 0.3 is 17.9 Å². The zero-order chi connectivity index (χ0) is 16.8. The van der Waals surface area contributed by atoms with Crippen molar-refractivity contribution in [3.05, 3.63) is 0 Å². The van der Waals surface area contributed by atoms with Crippen molar-refractivity contribution in [2.45, 2.75) is 60.7 Å². The first-order valence-corrected chi connectivity index (χ1v) is 6.99. The van der Waals surface area contributed by atoms with Crippen molar-refractivity contribution in [2.75, 3.05) is 6.61 Å². The number of carbonyl (C=O) groups is 3. The highest BCUT2D eigenvalue weighted by atomic mass is 16.6. The van der Waals surface area contributed by atoms with Crippen LogP contribution < -0.4 is 0 Å². The fraction of sp³-hybridized carbons (Fsp3) is 0.800. The topological polar surface area (TPSA) is 78.9 Å². The van der Waals surface area contributed by atoms with E-state index in [0.717, 1.165) is 0 Å². The molecule has 0 saturated carbocycles. The molecule has 21 heavy (non-hydrogen) atoms. The van der Waals surface area contributed by atoms with Crippen LogP contribution in [-0.2, 0) is 28.6 Å². The van der Waals surface area contributed by atoms with Crippen LogP contribution in [0.4, 0.5) is 0 Å². The van der Waals surface area contributed by atoms with Crippen LogP contribution in [0.1, 0.15) is 48.5 Å². The second-order valence-corrected chi connectivity index (χ2v) is 6.22. The minimum Gasteiger partial charge on any atom is -0.462 e. The molecule has 0 spiro atoms. The number of ether oxygens (including phenoxy) is 3. The summed E-state index contributed by atoms with van der Waals surface area (Å²) < 4.78 is 14.9. The molecule has 0 aliphatic carbocycles. The summed E-state index contributed by atoms with van der Waals surface area (Å²) >= 11 is 0. The molecule has 3 unspecified atom stereocenters. The molecule has 0 N–H and O–H groups in total. The average molecular weight is 302 g/mol. The summed E-state index contributed by atoms with van der Waals surface area (Å²) in [5.41, 5.74) is -0.247. The minimum atomic E-state index is -0.998. The number of hydrogen-bond donors (Lipinski definition) is 0. The van der Waals surface area contributed by atoms with Crippen molar-refractivity contribution in [2.24, 2.45) is 11.3 Å². The Morgan fingerprint density at radius 1 is 0.952 bits per heavy atom. The van der Waals surface area contributed by atoms with Gasteiger partial charge in [0.1, 0.15) is 12.7 Å². The molecule has 0 aliphatic rings. The second-order valence-electron chi connectivity index (χ2n) is 6.22. The molecule has 0 aromatic carbocycles. The van der Waals surface area contributed by atoms with Crippen LogP contribution in [-0.4, -0.2) is 36.7 Å². The van der Waals surface area contributed by atoms with Gasteiger partial charge < -0.3 is 14.2 Å². The van der Waals surface area contributed by atoms with E-state index in [9.17, 15) is 14.4 Å². The van der Waals surface area contributed by atoms with Gasteiger partial charge in [0, 0.05) is 6.92 Å². The first kappa shape index (κ1) is 19.4. The Morgan fingerprint density at radius 3 is 1.90 bits per heavy atom. The normalized spacial score (nSPS) is 15.6. The smallest absolute Gasteiger partial charge is 0.347 e. The molecule has 0 radical (unpaired) electrons. The molecule has 0 heterocycles. The zero-order valence-corrected chi connectivity index (χ0v) is 13.9. The average Bonchev–Trinajstić information content (AvgIpc) is 2.33. The molecular formula is C15H26O6. The Hall–Kier alpha value is -1.59. The van der Waals surface area contributed by atoms with E-state index in [1.807, 2.05) is 20.8 Å². The molecule has 0 aliphatic heterocycles. The van der Waals surface area contributed by atoms with Crippen LogP contribution >= 0.6 is 0 Å². The Morgan fingerprint density at radius 2 is 1.48 bits per heavy atom. The lowest BCUT2D eigenvalue weighted by atomic mass is 9.82. The van der Waals surface area contributed by atoms with Gasteiger partial charge in [-0.1, -0.05) is 27.7 Å². The van der Waals surface area contributed by atoms with Crippen LogP contribution in [0, 0.1) is 11.3 Å². The van der Waals surface area contributed by atoms with Crippen LogP contribution in [0.2, 0.25) is 0 Å². The predicted octanol–water partition coefficient (Wildman–Crippen LogP) is 2.10. The summed E-state index contributed by atoms with van der Waals surface area (Å²) in [4.78, 5) is 34.3. The van der Waals surface area contributed by atoms with E-state index in [4.69, 9.17) is 14.2 Å². The molecule has 0 rings (SSSR count).